The van der Waals surface area contributed by atoms with Crippen LogP contribution in [0.3, 0.4) is 0 Å². The molecule has 0 aliphatic carbocycles. The average Bonchev–Trinajstić information content (AvgIpc) is 3.45. The van der Waals surface area contributed by atoms with Crippen LogP contribution in [0, 0.1) is 0 Å². The second kappa shape index (κ2) is 11.8. The fourth-order valence-electron chi connectivity index (χ4n) is 3.81. The second-order valence-electron chi connectivity index (χ2n) is 8.16. The molecule has 0 unspecified atom stereocenters. The van der Waals surface area contributed by atoms with Gasteiger partial charge in [0.1, 0.15) is 5.75 Å². The molecule has 5 aromatic rings. The van der Waals surface area contributed by atoms with Crippen molar-refractivity contribution in [3.05, 3.63) is 100 Å². The van der Waals surface area contributed by atoms with Crippen LogP contribution >= 0.6 is 0 Å². The van der Waals surface area contributed by atoms with Crippen LogP contribution in [0.4, 0.5) is 5.69 Å². The first-order valence-corrected chi connectivity index (χ1v) is 11.6. The van der Waals surface area contributed by atoms with Crippen LogP contribution in [0.2, 0.25) is 0 Å². The SMILES string of the molecule is C.O=C(Nc1cccc2c(=O)cc(-c3nn[nH]n3)oc12)c1ccc(OCCCCc2ccccc2)cc1. The number of amides is 1. The van der Waals surface area contributed by atoms with E-state index in [1.807, 2.05) is 18.2 Å². The number of fused-ring (bicyclic) bond motifs is 1. The van der Waals surface area contributed by atoms with Gasteiger partial charge in [-0.1, -0.05) is 43.8 Å². The van der Waals surface area contributed by atoms with E-state index in [9.17, 15) is 9.59 Å². The van der Waals surface area contributed by atoms with Crippen LogP contribution in [-0.2, 0) is 6.42 Å². The summed E-state index contributed by atoms with van der Waals surface area (Å²) in [7, 11) is 0. The molecule has 0 atom stereocenters. The molecule has 0 aliphatic rings. The molecule has 0 radical (unpaired) electrons. The number of anilines is 1. The lowest BCUT2D eigenvalue weighted by Gasteiger charge is -2.10. The number of ether oxygens (including phenoxy) is 1. The van der Waals surface area contributed by atoms with Gasteiger partial charge in [-0.25, -0.2) is 0 Å². The molecule has 37 heavy (non-hydrogen) atoms. The van der Waals surface area contributed by atoms with Crippen LogP contribution in [0.25, 0.3) is 22.6 Å². The molecule has 5 rings (SSSR count). The third kappa shape index (κ3) is 6.07. The first kappa shape index (κ1) is 25.3. The van der Waals surface area contributed by atoms with E-state index in [0.717, 1.165) is 19.3 Å². The van der Waals surface area contributed by atoms with E-state index < -0.39 is 0 Å². The summed E-state index contributed by atoms with van der Waals surface area (Å²) < 4.78 is 11.7. The zero-order chi connectivity index (χ0) is 24.7. The summed E-state index contributed by atoms with van der Waals surface area (Å²) in [5, 5.41) is 16.7. The molecule has 0 saturated heterocycles. The molecule has 2 heterocycles. The minimum Gasteiger partial charge on any atom is -0.494 e. The van der Waals surface area contributed by atoms with Crippen molar-refractivity contribution in [2.24, 2.45) is 0 Å². The molecule has 0 saturated carbocycles. The highest BCUT2D eigenvalue weighted by Crippen LogP contribution is 2.26. The summed E-state index contributed by atoms with van der Waals surface area (Å²) in [5.74, 6) is 0.649. The van der Waals surface area contributed by atoms with Gasteiger partial charge < -0.3 is 14.5 Å². The topological polar surface area (TPSA) is 123 Å². The number of hydrogen-bond acceptors (Lipinski definition) is 7. The number of aromatic amines is 1. The van der Waals surface area contributed by atoms with E-state index in [1.165, 1.54) is 11.6 Å². The fraction of sp³-hybridized carbons (Fsp3) is 0.179. The first-order chi connectivity index (χ1) is 17.7. The highest BCUT2D eigenvalue weighted by atomic mass is 16.5. The van der Waals surface area contributed by atoms with Gasteiger partial charge in [-0.15, -0.1) is 10.2 Å². The minimum absolute atomic E-state index is 0. The second-order valence-corrected chi connectivity index (χ2v) is 8.16. The van der Waals surface area contributed by atoms with E-state index in [-0.39, 0.29) is 35.9 Å². The summed E-state index contributed by atoms with van der Waals surface area (Å²) in [5.41, 5.74) is 2.08. The Balaban J connectivity index is 0.00000320. The number of carbonyl (C=O) groups is 1. The largest absolute Gasteiger partial charge is 0.494 e. The fourth-order valence-corrected chi connectivity index (χ4v) is 3.81. The normalized spacial score (nSPS) is 10.6. The molecule has 2 N–H and O–H groups in total. The monoisotopic (exact) mass is 497 g/mol. The molecular weight excluding hydrogens is 470 g/mol. The molecule has 188 valence electrons. The molecule has 0 fully saturated rings. The minimum atomic E-state index is -0.343. The average molecular weight is 498 g/mol. The number of aryl methyl sites for hydroxylation is 1. The highest BCUT2D eigenvalue weighted by molar-refractivity contribution is 6.08. The van der Waals surface area contributed by atoms with Gasteiger partial charge in [-0.3, -0.25) is 9.59 Å². The Morgan fingerprint density at radius 1 is 0.973 bits per heavy atom. The Bertz CT molecular complexity index is 1510. The van der Waals surface area contributed by atoms with E-state index in [4.69, 9.17) is 9.15 Å². The molecule has 2 aromatic heterocycles. The van der Waals surface area contributed by atoms with Crippen LogP contribution in [0.5, 0.6) is 5.75 Å². The van der Waals surface area contributed by atoms with Gasteiger partial charge in [0.05, 0.1) is 17.7 Å². The van der Waals surface area contributed by atoms with Crippen molar-refractivity contribution in [3.8, 4) is 17.3 Å². The van der Waals surface area contributed by atoms with Crippen molar-refractivity contribution < 1.29 is 13.9 Å². The number of nitrogens with one attached hydrogen (secondary N) is 2. The maximum Gasteiger partial charge on any atom is 0.255 e. The molecule has 9 nitrogen and oxygen atoms in total. The van der Waals surface area contributed by atoms with Crippen LogP contribution in [-0.4, -0.2) is 33.1 Å². The van der Waals surface area contributed by atoms with Gasteiger partial charge in [0.15, 0.2) is 16.8 Å². The summed E-state index contributed by atoms with van der Waals surface area (Å²) in [4.78, 5) is 25.5. The highest BCUT2D eigenvalue weighted by Gasteiger charge is 2.15. The summed E-state index contributed by atoms with van der Waals surface area (Å²) in [6.07, 6.45) is 3.00. The maximum absolute atomic E-state index is 12.9. The number of unbranched alkanes of at least 4 members (excludes halogenated alkanes) is 1. The Hall–Kier alpha value is -4.79. The van der Waals surface area contributed by atoms with E-state index >= 15 is 0 Å². The molecule has 0 spiro atoms. The number of rotatable bonds is 9. The molecular formula is C28H27N5O4. The van der Waals surface area contributed by atoms with Gasteiger partial charge in [-0.2, -0.15) is 5.21 Å². The van der Waals surface area contributed by atoms with Gasteiger partial charge in [0, 0.05) is 11.6 Å². The lowest BCUT2D eigenvalue weighted by atomic mass is 10.1. The molecule has 3 aromatic carbocycles. The van der Waals surface area contributed by atoms with Gasteiger partial charge in [0.2, 0.25) is 5.82 Å². The number of tetrazole rings is 1. The van der Waals surface area contributed by atoms with Crippen molar-refractivity contribution in [1.29, 1.82) is 0 Å². The summed E-state index contributed by atoms with van der Waals surface area (Å²) >= 11 is 0. The van der Waals surface area contributed by atoms with Gasteiger partial charge >= 0.3 is 0 Å². The molecule has 0 bridgehead atoms. The quantitative estimate of drug-likeness (QED) is 0.266. The Kier molecular flexibility index (Phi) is 8.05. The Morgan fingerprint density at radius 3 is 2.54 bits per heavy atom. The Morgan fingerprint density at radius 2 is 1.78 bits per heavy atom. The van der Waals surface area contributed by atoms with Crippen molar-refractivity contribution in [1.82, 2.24) is 20.6 Å². The number of hydrogen-bond donors (Lipinski definition) is 2. The lowest BCUT2D eigenvalue weighted by Crippen LogP contribution is -2.13. The predicted octanol–water partition coefficient (Wildman–Crippen LogP) is 5.26. The zero-order valence-corrected chi connectivity index (χ0v) is 19.3. The molecule has 9 heteroatoms. The van der Waals surface area contributed by atoms with Gasteiger partial charge in [0.25, 0.3) is 5.91 Å². The van der Waals surface area contributed by atoms with E-state index in [1.54, 1.807) is 42.5 Å². The number of para-hydroxylation sites is 1. The number of carbonyl (C=O) groups excluding carboxylic acids is 1. The van der Waals surface area contributed by atoms with Crippen LogP contribution in [0.1, 0.15) is 36.2 Å². The standard InChI is InChI=1S/C27H23N5O4.CH4/c33-23-17-24(26-29-31-32-30-26)36-25-21(23)10-6-11-22(25)28-27(34)19-12-14-20(15-13-19)35-16-5-4-9-18-7-2-1-3-8-18;/h1-3,6-8,10-15,17H,4-5,9,16H2,(H,28,34)(H,29,30,31,32);1H4. The molecule has 0 aliphatic heterocycles. The Labute approximate surface area is 213 Å². The van der Waals surface area contributed by atoms with Crippen molar-refractivity contribution in [3.63, 3.8) is 0 Å². The van der Waals surface area contributed by atoms with Crippen LogP contribution in [0.15, 0.2) is 88.1 Å². The number of nitrogens with zero attached hydrogens (tertiary/aromatic N) is 3. The molecule has 1 amide bonds. The van der Waals surface area contributed by atoms with Crippen molar-refractivity contribution in [2.75, 3.05) is 11.9 Å². The first-order valence-electron chi connectivity index (χ1n) is 11.6. The third-order valence-electron chi connectivity index (χ3n) is 5.66. The predicted molar refractivity (Wildman–Crippen MR) is 142 cm³/mol. The third-order valence-corrected chi connectivity index (χ3v) is 5.66. The number of benzene rings is 3. The smallest absolute Gasteiger partial charge is 0.255 e. The van der Waals surface area contributed by atoms with Gasteiger partial charge in [-0.05, 0) is 66.4 Å². The van der Waals surface area contributed by atoms with Crippen molar-refractivity contribution >= 4 is 22.6 Å². The maximum atomic E-state index is 12.9. The van der Waals surface area contributed by atoms with Crippen molar-refractivity contribution in [2.45, 2.75) is 26.7 Å². The number of H-pyrrole nitrogens is 1. The zero-order valence-electron chi connectivity index (χ0n) is 19.3. The number of aromatic nitrogens is 4. The van der Waals surface area contributed by atoms with Crippen LogP contribution < -0.4 is 15.5 Å². The summed E-state index contributed by atoms with van der Waals surface area (Å²) in [6, 6.07) is 23.6. The lowest BCUT2D eigenvalue weighted by molar-refractivity contribution is 0.102. The van der Waals surface area contributed by atoms with E-state index in [0.29, 0.717) is 29.0 Å². The summed E-state index contributed by atoms with van der Waals surface area (Å²) in [6.45, 7) is 0.607. The van der Waals surface area contributed by atoms with E-state index in [2.05, 4.69) is 38.1 Å².